The molecule has 26 heavy (non-hydrogen) atoms. The van der Waals surface area contributed by atoms with Gasteiger partial charge in [-0.25, -0.2) is 4.79 Å². The molecule has 3 N–H and O–H groups in total. The van der Waals surface area contributed by atoms with E-state index in [0.717, 1.165) is 5.56 Å². The minimum Gasteiger partial charge on any atom is -0.496 e. The van der Waals surface area contributed by atoms with Gasteiger partial charge in [0.25, 0.3) is 0 Å². The third-order valence-corrected chi connectivity index (χ3v) is 3.76. The van der Waals surface area contributed by atoms with Crippen LogP contribution in [0.1, 0.15) is 27.6 Å². The molecule has 2 aromatic rings. The molecule has 2 rings (SSSR count). The Hall–Kier alpha value is -2.90. The average molecular weight is 359 g/mol. The highest BCUT2D eigenvalue weighted by molar-refractivity contribution is 5.79. The number of rotatable bonds is 8. The Morgan fingerprint density at radius 2 is 1.92 bits per heavy atom. The van der Waals surface area contributed by atoms with Gasteiger partial charge in [0.2, 0.25) is 0 Å². The maximum absolute atomic E-state index is 11.7. The fourth-order valence-electron chi connectivity index (χ4n) is 2.30. The zero-order valence-electron chi connectivity index (χ0n) is 14.3. The van der Waals surface area contributed by atoms with Gasteiger partial charge in [0.15, 0.2) is 6.29 Å². The van der Waals surface area contributed by atoms with E-state index in [-0.39, 0.29) is 13.2 Å². The standard InChI is InChI=1S/C19H21NO6/c1-25-17-9-14(7-8-15(17)11-21)18(23)16(22)10-20-19(24)26-12-13-5-3-2-4-6-13/h2-9,11,16,18,22-23H,10,12H2,1H3,(H,20,24). The van der Waals surface area contributed by atoms with E-state index in [4.69, 9.17) is 9.47 Å². The average Bonchev–Trinajstić information content (AvgIpc) is 2.70. The molecule has 2 atom stereocenters. The summed E-state index contributed by atoms with van der Waals surface area (Å²) < 4.78 is 10.1. The van der Waals surface area contributed by atoms with Crippen molar-refractivity contribution in [1.29, 1.82) is 0 Å². The molecular weight excluding hydrogens is 338 g/mol. The molecule has 0 aliphatic heterocycles. The maximum Gasteiger partial charge on any atom is 0.407 e. The molecule has 7 nitrogen and oxygen atoms in total. The number of aldehydes is 1. The molecule has 0 aliphatic carbocycles. The first-order chi connectivity index (χ1) is 12.5. The van der Waals surface area contributed by atoms with Crippen molar-refractivity contribution >= 4 is 12.4 Å². The molecule has 0 heterocycles. The molecular formula is C19H21NO6. The van der Waals surface area contributed by atoms with Gasteiger partial charge in [-0.15, -0.1) is 0 Å². The highest BCUT2D eigenvalue weighted by atomic mass is 16.5. The number of aliphatic hydroxyl groups is 2. The van der Waals surface area contributed by atoms with Crippen molar-refractivity contribution in [3.05, 3.63) is 65.2 Å². The molecule has 7 heteroatoms. The lowest BCUT2D eigenvalue weighted by Gasteiger charge is -2.19. The van der Waals surface area contributed by atoms with Crippen molar-refractivity contribution in [1.82, 2.24) is 5.32 Å². The van der Waals surface area contributed by atoms with Gasteiger partial charge in [-0.1, -0.05) is 36.4 Å². The summed E-state index contributed by atoms with van der Waals surface area (Å²) in [6.07, 6.45) is -2.59. The van der Waals surface area contributed by atoms with Gasteiger partial charge >= 0.3 is 6.09 Å². The zero-order valence-corrected chi connectivity index (χ0v) is 14.3. The molecule has 2 aromatic carbocycles. The number of methoxy groups -OCH3 is 1. The molecule has 0 aromatic heterocycles. The number of alkyl carbamates (subject to hydrolysis) is 1. The van der Waals surface area contributed by atoms with Crippen LogP contribution in [0.2, 0.25) is 0 Å². The molecule has 0 radical (unpaired) electrons. The van der Waals surface area contributed by atoms with Crippen LogP contribution in [0, 0.1) is 0 Å². The second-order valence-electron chi connectivity index (χ2n) is 5.57. The second-order valence-corrected chi connectivity index (χ2v) is 5.57. The smallest absolute Gasteiger partial charge is 0.407 e. The molecule has 0 saturated carbocycles. The van der Waals surface area contributed by atoms with Gasteiger partial charge in [0, 0.05) is 6.54 Å². The van der Waals surface area contributed by atoms with E-state index in [1.165, 1.54) is 25.3 Å². The predicted octanol–water partition coefficient (Wildman–Crippen LogP) is 1.83. The molecule has 138 valence electrons. The number of hydrogen-bond donors (Lipinski definition) is 3. The normalized spacial score (nSPS) is 12.7. The van der Waals surface area contributed by atoms with E-state index < -0.39 is 18.3 Å². The topological polar surface area (TPSA) is 105 Å². The molecule has 0 bridgehead atoms. The summed E-state index contributed by atoms with van der Waals surface area (Å²) in [6.45, 7) is -0.0950. The lowest BCUT2D eigenvalue weighted by Crippen LogP contribution is -2.35. The van der Waals surface area contributed by atoms with Gasteiger partial charge in [0.1, 0.15) is 24.6 Å². The summed E-state index contributed by atoms with van der Waals surface area (Å²) in [5.41, 5.74) is 1.53. The van der Waals surface area contributed by atoms with Gasteiger partial charge in [-0.2, -0.15) is 0 Å². The summed E-state index contributed by atoms with van der Waals surface area (Å²) in [7, 11) is 1.40. The van der Waals surface area contributed by atoms with E-state index in [2.05, 4.69) is 5.32 Å². The Morgan fingerprint density at radius 3 is 2.58 bits per heavy atom. The van der Waals surface area contributed by atoms with Crippen LogP contribution in [-0.4, -0.2) is 42.4 Å². The van der Waals surface area contributed by atoms with Crippen molar-refractivity contribution in [2.45, 2.75) is 18.8 Å². The first-order valence-electron chi connectivity index (χ1n) is 7.99. The summed E-state index contributed by atoms with van der Waals surface area (Å²) >= 11 is 0. The number of benzene rings is 2. The van der Waals surface area contributed by atoms with E-state index in [1.807, 2.05) is 30.3 Å². The third kappa shape index (κ3) is 5.30. The van der Waals surface area contributed by atoms with Gasteiger partial charge in [-0.3, -0.25) is 4.79 Å². The molecule has 0 aliphatic rings. The van der Waals surface area contributed by atoms with Crippen molar-refractivity contribution < 1.29 is 29.3 Å². The first kappa shape index (κ1) is 19.4. The second kappa shape index (κ2) is 9.55. The van der Waals surface area contributed by atoms with E-state index in [1.54, 1.807) is 0 Å². The minimum atomic E-state index is -1.26. The van der Waals surface area contributed by atoms with Crippen LogP contribution < -0.4 is 10.1 Å². The van der Waals surface area contributed by atoms with E-state index in [0.29, 0.717) is 23.2 Å². The van der Waals surface area contributed by atoms with E-state index >= 15 is 0 Å². The third-order valence-electron chi connectivity index (χ3n) is 3.76. The Labute approximate surface area is 151 Å². The molecule has 0 fully saturated rings. The van der Waals surface area contributed by atoms with E-state index in [9.17, 15) is 19.8 Å². The number of amides is 1. The van der Waals surface area contributed by atoms with Crippen molar-refractivity contribution in [2.75, 3.05) is 13.7 Å². The summed E-state index contributed by atoms with van der Waals surface area (Å²) in [5.74, 6) is 0.291. The van der Waals surface area contributed by atoms with Gasteiger partial charge in [0.05, 0.1) is 12.7 Å². The number of aliphatic hydroxyl groups excluding tert-OH is 2. The van der Waals surface area contributed by atoms with Crippen LogP contribution in [-0.2, 0) is 11.3 Å². The zero-order chi connectivity index (χ0) is 18.9. The Kier molecular flexibility index (Phi) is 7.13. The SMILES string of the molecule is COc1cc(C(O)C(O)CNC(=O)OCc2ccccc2)ccc1C=O. The number of carbonyl (C=O) groups is 2. The van der Waals surface area contributed by atoms with Crippen LogP contribution in [0.3, 0.4) is 0 Å². The summed E-state index contributed by atoms with van der Waals surface area (Å²) in [5, 5.41) is 22.7. The van der Waals surface area contributed by atoms with Crippen LogP contribution in [0.5, 0.6) is 5.75 Å². The Balaban J connectivity index is 1.85. The van der Waals surface area contributed by atoms with Crippen molar-refractivity contribution in [3.63, 3.8) is 0 Å². The monoisotopic (exact) mass is 359 g/mol. The lowest BCUT2D eigenvalue weighted by molar-refractivity contribution is 0.0183. The van der Waals surface area contributed by atoms with Gasteiger partial charge < -0.3 is 25.0 Å². The highest BCUT2D eigenvalue weighted by Gasteiger charge is 2.20. The molecule has 0 spiro atoms. The summed E-state index contributed by atoms with van der Waals surface area (Å²) in [6, 6.07) is 13.6. The largest absolute Gasteiger partial charge is 0.496 e. The number of carbonyl (C=O) groups excluding carboxylic acids is 2. The Bertz CT molecular complexity index is 734. The maximum atomic E-state index is 11.7. The highest BCUT2D eigenvalue weighted by Crippen LogP contribution is 2.24. The predicted molar refractivity (Wildman–Crippen MR) is 94.0 cm³/mol. The molecule has 2 unspecified atom stereocenters. The van der Waals surface area contributed by atoms with Gasteiger partial charge in [-0.05, 0) is 23.3 Å². The fourth-order valence-corrected chi connectivity index (χ4v) is 2.30. The minimum absolute atomic E-state index is 0.107. The van der Waals surface area contributed by atoms with Crippen molar-refractivity contribution in [2.24, 2.45) is 0 Å². The number of ether oxygens (including phenoxy) is 2. The van der Waals surface area contributed by atoms with Crippen molar-refractivity contribution in [3.8, 4) is 5.75 Å². The lowest BCUT2D eigenvalue weighted by atomic mass is 10.0. The fraction of sp³-hybridized carbons (Fsp3) is 0.263. The summed E-state index contributed by atoms with van der Waals surface area (Å²) in [4.78, 5) is 22.6. The van der Waals surface area contributed by atoms with Crippen LogP contribution in [0.25, 0.3) is 0 Å². The first-order valence-corrected chi connectivity index (χ1v) is 7.99. The quantitative estimate of drug-likeness (QED) is 0.621. The van der Waals surface area contributed by atoms with Crippen LogP contribution in [0.15, 0.2) is 48.5 Å². The molecule has 1 amide bonds. The van der Waals surface area contributed by atoms with Crippen LogP contribution in [0.4, 0.5) is 4.79 Å². The number of hydrogen-bond acceptors (Lipinski definition) is 6. The number of nitrogens with one attached hydrogen (secondary N) is 1. The molecule has 0 saturated heterocycles. The van der Waals surface area contributed by atoms with Crippen LogP contribution >= 0.6 is 0 Å². The Morgan fingerprint density at radius 1 is 1.19 bits per heavy atom.